The molecule has 4 rings (SSSR count). The summed E-state index contributed by atoms with van der Waals surface area (Å²) >= 11 is 6.26. The van der Waals surface area contributed by atoms with E-state index in [1.54, 1.807) is 54.7 Å². The number of hydrogen-bond acceptors (Lipinski definition) is 9. The van der Waals surface area contributed by atoms with E-state index in [4.69, 9.17) is 17.3 Å². The van der Waals surface area contributed by atoms with Crippen LogP contribution in [0.4, 0.5) is 22.0 Å². The number of nitrogens with zero attached hydrogens (tertiary/aromatic N) is 1. The molecular weight excluding hydrogens is 622 g/mol. The SMILES string of the molecule is COC(=O)Nc1ccc(S(=O)(=O)C(C)C)c(C(CC(=O)O)NC(=O)C(Nc2ccc3c(N)nccc3c2)c2cccc(Cl)c2)c1. The zero-order chi connectivity index (χ0) is 32.9. The molecular formula is C31H32ClN5O7S. The van der Waals surface area contributed by atoms with Gasteiger partial charge in [-0.3, -0.25) is 14.9 Å². The number of benzene rings is 3. The maximum absolute atomic E-state index is 14.1. The van der Waals surface area contributed by atoms with Crippen molar-refractivity contribution in [3.63, 3.8) is 0 Å². The number of nitrogen functional groups attached to an aromatic ring is 1. The number of rotatable bonds is 11. The van der Waals surface area contributed by atoms with Crippen LogP contribution < -0.4 is 21.7 Å². The molecule has 12 nitrogen and oxygen atoms in total. The van der Waals surface area contributed by atoms with Gasteiger partial charge in [-0.05, 0) is 85.0 Å². The number of methoxy groups -OCH3 is 1. The second kappa shape index (κ2) is 13.8. The van der Waals surface area contributed by atoms with Crippen molar-refractivity contribution in [2.45, 2.75) is 42.5 Å². The van der Waals surface area contributed by atoms with Crippen LogP contribution >= 0.6 is 11.6 Å². The van der Waals surface area contributed by atoms with Crippen LogP contribution in [0, 0.1) is 0 Å². The number of aromatic nitrogens is 1. The standard InChI is InChI=1S/C31H32ClN5O7S/c1-17(2)45(42,43)26-10-8-22(36-31(41)44-3)15-24(26)25(16-27(38)39)37-30(40)28(19-5-4-6-20(32)13-19)35-21-7-9-23-18(14-21)11-12-34-29(23)33/h4-15,17,25,28,35H,16H2,1-3H3,(H2,33,34)(H,36,41)(H,37,40)(H,38,39). The van der Waals surface area contributed by atoms with Crippen molar-refractivity contribution in [3.8, 4) is 0 Å². The molecule has 0 aliphatic rings. The number of pyridine rings is 1. The van der Waals surface area contributed by atoms with E-state index < -0.39 is 51.6 Å². The van der Waals surface area contributed by atoms with E-state index in [2.05, 4.69) is 25.7 Å². The summed E-state index contributed by atoms with van der Waals surface area (Å²) in [5.41, 5.74) is 7.10. The molecule has 4 aromatic rings. The van der Waals surface area contributed by atoms with Crippen molar-refractivity contribution in [3.05, 3.63) is 89.1 Å². The van der Waals surface area contributed by atoms with E-state index in [0.29, 0.717) is 27.5 Å². The number of carboxylic acid groups (broad SMARTS) is 1. The predicted octanol–water partition coefficient (Wildman–Crippen LogP) is 5.32. The number of anilines is 3. The van der Waals surface area contributed by atoms with Gasteiger partial charge in [-0.1, -0.05) is 23.7 Å². The fourth-order valence-corrected chi connectivity index (χ4v) is 6.19. The largest absolute Gasteiger partial charge is 0.481 e. The van der Waals surface area contributed by atoms with Gasteiger partial charge >= 0.3 is 12.1 Å². The first kappa shape index (κ1) is 33.0. The van der Waals surface area contributed by atoms with E-state index >= 15 is 0 Å². The van der Waals surface area contributed by atoms with Gasteiger partial charge in [0, 0.05) is 28.0 Å². The lowest BCUT2D eigenvalue weighted by molar-refractivity contribution is -0.137. The molecule has 0 saturated heterocycles. The number of carboxylic acids is 1. The molecule has 6 N–H and O–H groups in total. The molecule has 2 unspecified atom stereocenters. The average molecular weight is 654 g/mol. The molecule has 0 bridgehead atoms. The van der Waals surface area contributed by atoms with Gasteiger partial charge in [-0.2, -0.15) is 0 Å². The van der Waals surface area contributed by atoms with E-state index in [-0.39, 0.29) is 16.1 Å². The lowest BCUT2D eigenvalue weighted by Gasteiger charge is -2.26. The Morgan fingerprint density at radius 2 is 1.76 bits per heavy atom. The van der Waals surface area contributed by atoms with Crippen LogP contribution in [-0.4, -0.2) is 48.8 Å². The Hall–Kier alpha value is -4.88. The zero-order valence-electron chi connectivity index (χ0n) is 24.6. The Bertz CT molecular complexity index is 1870. The van der Waals surface area contributed by atoms with E-state index in [1.165, 1.54) is 32.0 Å². The minimum absolute atomic E-state index is 0.0214. The Balaban J connectivity index is 1.79. The second-order valence-electron chi connectivity index (χ2n) is 10.4. The highest BCUT2D eigenvalue weighted by molar-refractivity contribution is 7.92. The van der Waals surface area contributed by atoms with Gasteiger partial charge in [-0.15, -0.1) is 0 Å². The van der Waals surface area contributed by atoms with Crippen molar-refractivity contribution in [2.75, 3.05) is 23.5 Å². The number of halogens is 1. The lowest BCUT2D eigenvalue weighted by atomic mass is 10.00. The predicted molar refractivity (Wildman–Crippen MR) is 172 cm³/mol. The second-order valence-corrected chi connectivity index (χ2v) is 13.3. The molecule has 236 valence electrons. The van der Waals surface area contributed by atoms with Crippen LogP contribution in [0.2, 0.25) is 5.02 Å². The number of amides is 2. The molecule has 2 atom stereocenters. The highest BCUT2D eigenvalue weighted by Crippen LogP contribution is 2.33. The molecule has 14 heteroatoms. The van der Waals surface area contributed by atoms with Gasteiger partial charge in [0.2, 0.25) is 5.91 Å². The summed E-state index contributed by atoms with van der Waals surface area (Å²) < 4.78 is 31.4. The first-order valence-electron chi connectivity index (χ1n) is 13.7. The van der Waals surface area contributed by atoms with E-state index in [0.717, 1.165) is 12.5 Å². The minimum Gasteiger partial charge on any atom is -0.481 e. The lowest BCUT2D eigenvalue weighted by Crippen LogP contribution is -2.37. The van der Waals surface area contributed by atoms with Crippen molar-refractivity contribution in [2.24, 2.45) is 0 Å². The van der Waals surface area contributed by atoms with Crippen LogP contribution in [0.25, 0.3) is 10.8 Å². The number of nitrogens with two attached hydrogens (primary N) is 1. The summed E-state index contributed by atoms with van der Waals surface area (Å²) in [7, 11) is -2.80. The van der Waals surface area contributed by atoms with Crippen LogP contribution in [0.15, 0.2) is 77.8 Å². The van der Waals surface area contributed by atoms with Crippen molar-refractivity contribution in [1.29, 1.82) is 0 Å². The molecule has 0 aliphatic carbocycles. The summed E-state index contributed by atoms with van der Waals surface area (Å²) in [5, 5.41) is 19.2. The highest BCUT2D eigenvalue weighted by Gasteiger charge is 2.31. The van der Waals surface area contributed by atoms with Gasteiger partial charge in [-0.25, -0.2) is 18.2 Å². The van der Waals surface area contributed by atoms with Gasteiger partial charge < -0.3 is 26.2 Å². The molecule has 0 spiro atoms. The molecule has 45 heavy (non-hydrogen) atoms. The van der Waals surface area contributed by atoms with Crippen LogP contribution in [0.3, 0.4) is 0 Å². The normalized spacial score (nSPS) is 12.7. The average Bonchev–Trinajstić information content (AvgIpc) is 2.99. The molecule has 0 radical (unpaired) electrons. The van der Waals surface area contributed by atoms with Crippen LogP contribution in [0.1, 0.15) is 43.5 Å². The Morgan fingerprint density at radius 1 is 1.02 bits per heavy atom. The van der Waals surface area contributed by atoms with Crippen molar-refractivity contribution >= 4 is 67.4 Å². The first-order valence-corrected chi connectivity index (χ1v) is 15.6. The third-order valence-corrected chi connectivity index (χ3v) is 9.45. The number of aliphatic carboxylic acids is 1. The summed E-state index contributed by atoms with van der Waals surface area (Å²) in [6.45, 7) is 2.97. The fourth-order valence-electron chi connectivity index (χ4n) is 4.69. The van der Waals surface area contributed by atoms with E-state index in [9.17, 15) is 27.9 Å². The van der Waals surface area contributed by atoms with E-state index in [1.807, 2.05) is 0 Å². The molecule has 3 aromatic carbocycles. The van der Waals surface area contributed by atoms with Gasteiger partial charge in [0.25, 0.3) is 0 Å². The fraction of sp³-hybridized carbons (Fsp3) is 0.226. The molecule has 0 saturated carbocycles. The quantitative estimate of drug-likeness (QED) is 0.142. The maximum Gasteiger partial charge on any atom is 0.411 e. The summed E-state index contributed by atoms with van der Waals surface area (Å²) in [5.74, 6) is -1.62. The number of carbonyl (C=O) groups excluding carboxylic acids is 2. The number of ether oxygens (including phenoxy) is 1. The molecule has 0 aliphatic heterocycles. The zero-order valence-corrected chi connectivity index (χ0v) is 26.1. The highest BCUT2D eigenvalue weighted by atomic mass is 35.5. The number of fused-ring (bicyclic) bond motifs is 1. The van der Waals surface area contributed by atoms with Crippen LogP contribution in [0.5, 0.6) is 0 Å². The topological polar surface area (TPSA) is 190 Å². The Labute approximate surface area is 264 Å². The van der Waals surface area contributed by atoms with Gasteiger partial charge in [0.15, 0.2) is 9.84 Å². The minimum atomic E-state index is -3.96. The Morgan fingerprint density at radius 3 is 2.42 bits per heavy atom. The van der Waals surface area contributed by atoms with Crippen LogP contribution in [-0.2, 0) is 24.2 Å². The monoisotopic (exact) mass is 653 g/mol. The summed E-state index contributed by atoms with van der Waals surface area (Å²) in [4.78, 5) is 41.9. The molecule has 0 fully saturated rings. The number of carbonyl (C=O) groups is 3. The Kier molecular flexibility index (Phi) is 10.1. The molecule has 1 heterocycles. The number of hydrogen-bond donors (Lipinski definition) is 5. The maximum atomic E-state index is 14.1. The van der Waals surface area contributed by atoms with Crippen molar-refractivity contribution < 1.29 is 32.6 Å². The number of sulfone groups is 1. The molecule has 2 amide bonds. The third-order valence-electron chi connectivity index (χ3n) is 6.99. The summed E-state index contributed by atoms with van der Waals surface area (Å²) in [6, 6.07) is 15.1. The first-order chi connectivity index (χ1) is 21.3. The van der Waals surface area contributed by atoms with Gasteiger partial charge in [0.05, 0.1) is 29.7 Å². The van der Waals surface area contributed by atoms with Crippen molar-refractivity contribution in [1.82, 2.24) is 10.3 Å². The smallest absolute Gasteiger partial charge is 0.411 e. The number of nitrogens with one attached hydrogen (secondary N) is 3. The van der Waals surface area contributed by atoms with Gasteiger partial charge in [0.1, 0.15) is 11.9 Å². The third kappa shape index (κ3) is 7.80. The summed E-state index contributed by atoms with van der Waals surface area (Å²) in [6.07, 6.45) is 0.0706. The molecule has 1 aromatic heterocycles.